The minimum atomic E-state index is -0.0904. The number of anilines is 6. The van der Waals surface area contributed by atoms with Crippen LogP contribution in [0.25, 0.3) is 22.0 Å². The van der Waals surface area contributed by atoms with Gasteiger partial charge in [-0.1, -0.05) is 18.7 Å². The van der Waals surface area contributed by atoms with Gasteiger partial charge in [-0.2, -0.15) is 0 Å². The standard InChI is InChI=1S/C43H48N10O2/c1-28-24-36(10-11-39(28)53-18-12-29(2)47-43(53)54)52-21-19-51(20-22-52)35-13-16-50(17-14-35)34-8-6-33(7-9-34)48-42-46-26-32-5-4-31(25-38(32)49-42)37-27-45-41-40(30(37)3)44-15-23-55-41/h4-11,24-27,35,44H,2,12-23H2,1,3H3,(H,47,54)(H,46,48,49). The molecular formula is C43H48N10O2. The lowest BCUT2D eigenvalue weighted by atomic mass is 10.00. The summed E-state index contributed by atoms with van der Waals surface area (Å²) in [6.07, 6.45) is 6.85. The van der Waals surface area contributed by atoms with Crippen molar-refractivity contribution in [2.45, 2.75) is 39.2 Å². The number of aromatic nitrogens is 3. The van der Waals surface area contributed by atoms with Gasteiger partial charge in [0.25, 0.3) is 0 Å². The van der Waals surface area contributed by atoms with Crippen LogP contribution in [0.15, 0.2) is 85.3 Å². The molecule has 0 atom stereocenters. The predicted molar refractivity (Wildman–Crippen MR) is 221 cm³/mol. The van der Waals surface area contributed by atoms with Crippen molar-refractivity contribution in [2.75, 3.05) is 84.3 Å². The number of aryl methyl sites for hydroxylation is 1. The van der Waals surface area contributed by atoms with Crippen molar-refractivity contribution >= 4 is 51.3 Å². The highest BCUT2D eigenvalue weighted by Gasteiger charge is 2.29. The monoisotopic (exact) mass is 736 g/mol. The highest BCUT2D eigenvalue weighted by molar-refractivity contribution is 5.95. The van der Waals surface area contributed by atoms with Crippen LogP contribution in [0, 0.1) is 13.8 Å². The highest BCUT2D eigenvalue weighted by atomic mass is 16.5. The number of piperidine rings is 1. The third-order valence-corrected chi connectivity index (χ3v) is 11.6. The van der Waals surface area contributed by atoms with Crippen LogP contribution in [0.4, 0.5) is 39.2 Å². The molecule has 12 nitrogen and oxygen atoms in total. The van der Waals surface area contributed by atoms with Gasteiger partial charge < -0.3 is 30.5 Å². The molecule has 0 spiro atoms. The van der Waals surface area contributed by atoms with Crippen LogP contribution >= 0.6 is 0 Å². The molecular weight excluding hydrogens is 689 g/mol. The van der Waals surface area contributed by atoms with Crippen LogP contribution < -0.4 is 35.4 Å². The average Bonchev–Trinajstić information content (AvgIpc) is 3.21. The number of pyridine rings is 1. The third kappa shape index (κ3) is 7.09. The molecule has 5 aromatic rings. The highest BCUT2D eigenvalue weighted by Crippen LogP contribution is 2.36. The van der Waals surface area contributed by atoms with Gasteiger partial charge in [0.15, 0.2) is 0 Å². The van der Waals surface area contributed by atoms with Crippen molar-refractivity contribution in [3.63, 3.8) is 0 Å². The van der Waals surface area contributed by atoms with Crippen LogP contribution in [-0.4, -0.2) is 90.9 Å². The van der Waals surface area contributed by atoms with Gasteiger partial charge in [0.05, 0.1) is 5.52 Å². The summed E-state index contributed by atoms with van der Waals surface area (Å²) < 4.78 is 5.72. The molecule has 2 aromatic heterocycles. The van der Waals surface area contributed by atoms with Crippen molar-refractivity contribution in [1.29, 1.82) is 0 Å². The fourth-order valence-corrected chi connectivity index (χ4v) is 8.48. The Hall–Kier alpha value is -5.88. The lowest BCUT2D eigenvalue weighted by Gasteiger charge is -2.44. The molecule has 0 bridgehead atoms. The normalized spacial score (nSPS) is 18.1. The first-order chi connectivity index (χ1) is 26.9. The Morgan fingerprint density at radius 2 is 1.64 bits per heavy atom. The average molecular weight is 737 g/mol. The Balaban J connectivity index is 0.777. The minimum Gasteiger partial charge on any atom is -0.474 e. The van der Waals surface area contributed by atoms with Crippen LogP contribution in [0.1, 0.15) is 30.4 Å². The zero-order valence-corrected chi connectivity index (χ0v) is 31.6. The van der Waals surface area contributed by atoms with E-state index in [2.05, 4.69) is 122 Å². The minimum absolute atomic E-state index is 0.0904. The van der Waals surface area contributed by atoms with Gasteiger partial charge in [-0.25, -0.2) is 19.7 Å². The lowest BCUT2D eigenvalue weighted by molar-refractivity contribution is 0.160. The van der Waals surface area contributed by atoms with Crippen molar-refractivity contribution < 1.29 is 9.53 Å². The second-order valence-corrected chi connectivity index (χ2v) is 15.0. The summed E-state index contributed by atoms with van der Waals surface area (Å²) >= 11 is 0. The van der Waals surface area contributed by atoms with E-state index in [-0.39, 0.29) is 6.03 Å². The summed E-state index contributed by atoms with van der Waals surface area (Å²) in [6.45, 7) is 16.4. The number of ether oxygens (including phenoxy) is 1. The molecule has 12 heteroatoms. The van der Waals surface area contributed by atoms with Crippen LogP contribution in [0.2, 0.25) is 0 Å². The zero-order valence-electron chi connectivity index (χ0n) is 31.6. The number of nitrogens with one attached hydrogen (secondary N) is 3. The van der Waals surface area contributed by atoms with E-state index in [1.807, 2.05) is 17.3 Å². The number of amides is 2. The van der Waals surface area contributed by atoms with Crippen molar-refractivity contribution in [3.05, 3.63) is 96.5 Å². The topological polar surface area (TPSA) is 114 Å². The van der Waals surface area contributed by atoms with E-state index in [9.17, 15) is 4.79 Å². The smallest absolute Gasteiger partial charge is 0.326 e. The van der Waals surface area contributed by atoms with Gasteiger partial charge in [0, 0.05) is 117 Å². The van der Waals surface area contributed by atoms with Crippen molar-refractivity contribution in [3.8, 4) is 17.0 Å². The van der Waals surface area contributed by atoms with E-state index in [4.69, 9.17) is 9.72 Å². The molecule has 3 fully saturated rings. The number of rotatable bonds is 7. The molecule has 3 aromatic carbocycles. The molecule has 3 saturated heterocycles. The maximum absolute atomic E-state index is 12.5. The maximum Gasteiger partial charge on any atom is 0.326 e. The number of carbonyl (C=O) groups excluding carboxylic acids is 1. The van der Waals surface area contributed by atoms with Crippen molar-refractivity contribution in [1.82, 2.24) is 25.2 Å². The molecule has 6 heterocycles. The Kier molecular flexibility index (Phi) is 9.35. The van der Waals surface area contributed by atoms with Gasteiger partial charge in [-0.05, 0) is 91.9 Å². The Bertz CT molecular complexity index is 2240. The fourth-order valence-electron chi connectivity index (χ4n) is 8.48. The van der Waals surface area contributed by atoms with Gasteiger partial charge in [0.2, 0.25) is 11.8 Å². The van der Waals surface area contributed by atoms with E-state index in [1.165, 1.54) is 11.4 Å². The van der Waals surface area contributed by atoms with Crippen LogP contribution in [0.3, 0.4) is 0 Å². The SMILES string of the molecule is C=C1CCN(c2ccc(N3CCN(C4CCN(c5ccc(Nc6ncc7ccc(-c8cnc9c(c8C)NCCO9)cc7n6)cc5)CC4)CC3)cc2C)C(=O)N1. The van der Waals surface area contributed by atoms with Crippen molar-refractivity contribution in [2.24, 2.45) is 0 Å². The number of fused-ring (bicyclic) bond motifs is 2. The Morgan fingerprint density at radius 3 is 2.42 bits per heavy atom. The molecule has 0 saturated carbocycles. The van der Waals surface area contributed by atoms with Gasteiger partial charge >= 0.3 is 6.03 Å². The molecule has 4 aliphatic rings. The fraction of sp³-hybridized carbons (Fsp3) is 0.349. The Morgan fingerprint density at radius 1 is 0.855 bits per heavy atom. The summed E-state index contributed by atoms with van der Waals surface area (Å²) in [5.41, 5.74) is 11.4. The Labute approximate surface area is 322 Å². The van der Waals surface area contributed by atoms with E-state index in [0.29, 0.717) is 31.0 Å². The number of hydrogen-bond acceptors (Lipinski definition) is 10. The molecule has 282 valence electrons. The van der Waals surface area contributed by atoms with Gasteiger partial charge in [-0.3, -0.25) is 9.80 Å². The molecule has 0 unspecified atom stereocenters. The second-order valence-electron chi connectivity index (χ2n) is 15.0. The lowest BCUT2D eigenvalue weighted by Crippen LogP contribution is -2.53. The number of hydrogen-bond donors (Lipinski definition) is 3. The van der Waals surface area contributed by atoms with E-state index >= 15 is 0 Å². The third-order valence-electron chi connectivity index (χ3n) is 11.6. The first-order valence-electron chi connectivity index (χ1n) is 19.5. The summed E-state index contributed by atoms with van der Waals surface area (Å²) in [6, 6.07) is 21.9. The van der Waals surface area contributed by atoms with E-state index in [1.54, 1.807) is 0 Å². The largest absolute Gasteiger partial charge is 0.474 e. The quantitative estimate of drug-likeness (QED) is 0.160. The van der Waals surface area contributed by atoms with Gasteiger partial charge in [-0.15, -0.1) is 0 Å². The summed E-state index contributed by atoms with van der Waals surface area (Å²) in [5, 5.41) is 10.7. The van der Waals surface area contributed by atoms with E-state index in [0.717, 1.165) is 121 Å². The number of urea groups is 1. The number of piperazine rings is 1. The molecule has 3 N–H and O–H groups in total. The summed E-state index contributed by atoms with van der Waals surface area (Å²) in [7, 11) is 0. The van der Waals surface area contributed by atoms with Gasteiger partial charge in [0.1, 0.15) is 12.3 Å². The van der Waals surface area contributed by atoms with Crippen LogP contribution in [0.5, 0.6) is 5.88 Å². The number of benzene rings is 3. The molecule has 4 aliphatic heterocycles. The molecule has 9 rings (SSSR count). The summed E-state index contributed by atoms with van der Waals surface area (Å²) in [4.78, 5) is 36.1. The van der Waals surface area contributed by atoms with E-state index < -0.39 is 0 Å². The first-order valence-corrected chi connectivity index (χ1v) is 19.5. The predicted octanol–water partition coefficient (Wildman–Crippen LogP) is 7.08. The number of carbonyl (C=O) groups is 1. The second kappa shape index (κ2) is 14.7. The molecule has 2 amide bonds. The van der Waals surface area contributed by atoms with Crippen LogP contribution in [-0.2, 0) is 0 Å². The molecule has 0 aliphatic carbocycles. The number of nitrogens with zero attached hydrogens (tertiary/aromatic N) is 7. The molecule has 55 heavy (non-hydrogen) atoms. The maximum atomic E-state index is 12.5. The first kappa shape index (κ1) is 34.9. The zero-order chi connectivity index (χ0) is 37.5. The summed E-state index contributed by atoms with van der Waals surface area (Å²) in [5.74, 6) is 1.23. The molecule has 0 radical (unpaired) electrons.